The van der Waals surface area contributed by atoms with E-state index in [1.165, 1.54) is 6.08 Å². The first-order valence-corrected chi connectivity index (χ1v) is 3.19. The largest absolute Gasteiger partial charge is 0.208 e. The Bertz CT molecular complexity index is 114. The lowest BCUT2D eigenvalue weighted by Crippen LogP contribution is -1.83. The lowest BCUT2D eigenvalue weighted by atomic mass is 10.1. The van der Waals surface area contributed by atoms with Crippen LogP contribution in [0.25, 0.3) is 0 Å². The Balaban J connectivity index is 3.56. The first-order valence-electron chi connectivity index (χ1n) is 3.19. The predicted octanol–water partition coefficient (Wildman–Crippen LogP) is 3.07. The van der Waals surface area contributed by atoms with Crippen molar-refractivity contribution in [3.8, 4) is 0 Å². The van der Waals surface area contributed by atoms with Crippen molar-refractivity contribution < 1.29 is 4.39 Å². The number of hydrogen-bond acceptors (Lipinski definition) is 0. The van der Waals surface area contributed by atoms with Crippen LogP contribution in [-0.2, 0) is 0 Å². The Labute approximate surface area is 56.1 Å². The molecule has 9 heavy (non-hydrogen) atoms. The van der Waals surface area contributed by atoms with Gasteiger partial charge in [-0.25, -0.2) is 4.39 Å². The van der Waals surface area contributed by atoms with Crippen molar-refractivity contribution in [3.05, 3.63) is 24.6 Å². The van der Waals surface area contributed by atoms with Gasteiger partial charge in [-0.1, -0.05) is 32.9 Å². The zero-order valence-corrected chi connectivity index (χ0v) is 6.02. The quantitative estimate of drug-likeness (QED) is 0.512. The predicted molar refractivity (Wildman–Crippen MR) is 38.8 cm³/mol. The third kappa shape index (κ3) is 5.28. The summed E-state index contributed by atoms with van der Waals surface area (Å²) >= 11 is 0. The van der Waals surface area contributed by atoms with Crippen molar-refractivity contribution in [2.24, 2.45) is 5.92 Å². The Morgan fingerprint density at radius 1 is 1.78 bits per heavy atom. The monoisotopic (exact) mass is 128 g/mol. The van der Waals surface area contributed by atoms with Gasteiger partial charge in [0.15, 0.2) is 0 Å². The summed E-state index contributed by atoms with van der Waals surface area (Å²) in [6.07, 6.45) is 4.28. The van der Waals surface area contributed by atoms with Gasteiger partial charge in [-0.3, -0.25) is 0 Å². The third-order valence-corrected chi connectivity index (χ3v) is 1.25. The molecule has 1 atom stereocenters. The van der Waals surface area contributed by atoms with Gasteiger partial charge >= 0.3 is 0 Å². The molecule has 0 heterocycles. The molecule has 1 unspecified atom stereocenters. The highest BCUT2D eigenvalue weighted by Gasteiger charge is 1.89. The fraction of sp³-hybridized carbons (Fsp3) is 0.500. The molecule has 0 amide bonds. The maximum absolute atomic E-state index is 11.9. The van der Waals surface area contributed by atoms with E-state index >= 15 is 0 Å². The molecule has 0 aromatic rings. The van der Waals surface area contributed by atoms with Crippen molar-refractivity contribution in [3.63, 3.8) is 0 Å². The average molecular weight is 128 g/mol. The van der Waals surface area contributed by atoms with Crippen LogP contribution in [0.2, 0.25) is 0 Å². The molecule has 0 radical (unpaired) electrons. The maximum Gasteiger partial charge on any atom is 0.115 e. The minimum Gasteiger partial charge on any atom is -0.208 e. The van der Waals surface area contributed by atoms with Gasteiger partial charge in [0, 0.05) is 0 Å². The lowest BCUT2D eigenvalue weighted by Gasteiger charge is -1.96. The number of allylic oxidation sites excluding steroid dienone is 3. The van der Waals surface area contributed by atoms with Crippen LogP contribution in [0.3, 0.4) is 0 Å². The van der Waals surface area contributed by atoms with Crippen molar-refractivity contribution in [1.29, 1.82) is 0 Å². The highest BCUT2D eigenvalue weighted by atomic mass is 19.1. The van der Waals surface area contributed by atoms with E-state index in [4.69, 9.17) is 0 Å². The lowest BCUT2D eigenvalue weighted by molar-refractivity contribution is 0.658. The molecule has 0 aromatic carbocycles. The Hall–Kier alpha value is -0.590. The van der Waals surface area contributed by atoms with Gasteiger partial charge in [0.1, 0.15) is 5.83 Å². The van der Waals surface area contributed by atoms with E-state index in [0.717, 1.165) is 6.42 Å². The first-order chi connectivity index (χ1) is 4.16. The molecule has 1 heteroatoms. The molecule has 0 bridgehead atoms. The molecule has 0 aliphatic heterocycles. The molecule has 52 valence electrons. The van der Waals surface area contributed by atoms with Gasteiger partial charge in [-0.15, -0.1) is 0 Å². The summed E-state index contributed by atoms with van der Waals surface area (Å²) in [5, 5.41) is 0. The van der Waals surface area contributed by atoms with Crippen molar-refractivity contribution in [2.75, 3.05) is 0 Å². The van der Waals surface area contributed by atoms with Gasteiger partial charge < -0.3 is 0 Å². The van der Waals surface area contributed by atoms with E-state index in [2.05, 4.69) is 13.5 Å². The van der Waals surface area contributed by atoms with Crippen LogP contribution in [0, 0.1) is 5.92 Å². The topological polar surface area (TPSA) is 0 Å². The Morgan fingerprint density at radius 2 is 2.33 bits per heavy atom. The summed E-state index contributed by atoms with van der Waals surface area (Å²) in [6.45, 7) is 7.21. The smallest absolute Gasteiger partial charge is 0.115 e. The molecule has 0 N–H and O–H groups in total. The van der Waals surface area contributed by atoms with E-state index in [9.17, 15) is 4.39 Å². The average Bonchev–Trinajstić information content (AvgIpc) is 1.83. The summed E-state index contributed by atoms with van der Waals surface area (Å²) in [7, 11) is 0. The Morgan fingerprint density at radius 3 is 2.67 bits per heavy atom. The molecule has 0 aromatic heterocycles. The van der Waals surface area contributed by atoms with E-state index in [0.29, 0.717) is 5.92 Å². The van der Waals surface area contributed by atoms with Crippen molar-refractivity contribution in [1.82, 2.24) is 0 Å². The zero-order chi connectivity index (χ0) is 7.28. The third-order valence-electron chi connectivity index (χ3n) is 1.25. The van der Waals surface area contributed by atoms with E-state index in [1.54, 1.807) is 0 Å². The van der Waals surface area contributed by atoms with Gasteiger partial charge in [-0.05, 0) is 12.0 Å². The van der Waals surface area contributed by atoms with Crippen LogP contribution in [-0.4, -0.2) is 0 Å². The van der Waals surface area contributed by atoms with Crippen LogP contribution < -0.4 is 0 Å². The van der Waals surface area contributed by atoms with Crippen molar-refractivity contribution in [2.45, 2.75) is 20.3 Å². The molecule has 0 spiro atoms. The second-order valence-corrected chi connectivity index (χ2v) is 2.19. The molecular formula is C8H13F. The van der Waals surface area contributed by atoms with Crippen LogP contribution in [0.15, 0.2) is 24.6 Å². The number of hydrogen-bond donors (Lipinski definition) is 0. The van der Waals surface area contributed by atoms with E-state index in [-0.39, 0.29) is 5.83 Å². The zero-order valence-electron chi connectivity index (χ0n) is 6.02. The first kappa shape index (κ1) is 8.41. The maximum atomic E-state index is 11.9. The van der Waals surface area contributed by atoms with E-state index in [1.807, 2.05) is 13.0 Å². The van der Waals surface area contributed by atoms with Gasteiger partial charge in [0.2, 0.25) is 0 Å². The molecule has 0 nitrogen and oxygen atoms in total. The van der Waals surface area contributed by atoms with Crippen LogP contribution in [0.1, 0.15) is 20.3 Å². The normalized spacial score (nSPS) is 14.1. The number of rotatable bonds is 3. The van der Waals surface area contributed by atoms with Gasteiger partial charge in [0.25, 0.3) is 0 Å². The van der Waals surface area contributed by atoms with Crippen LogP contribution >= 0.6 is 0 Å². The summed E-state index contributed by atoms with van der Waals surface area (Å²) in [5.41, 5.74) is 0. The van der Waals surface area contributed by atoms with Gasteiger partial charge in [0.05, 0.1) is 0 Å². The molecular weight excluding hydrogens is 115 g/mol. The summed E-state index contributed by atoms with van der Waals surface area (Å²) < 4.78 is 11.9. The summed E-state index contributed by atoms with van der Waals surface area (Å²) in [6, 6.07) is 0. The minimum atomic E-state index is -0.365. The highest BCUT2D eigenvalue weighted by Crippen LogP contribution is 2.04. The highest BCUT2D eigenvalue weighted by molar-refractivity contribution is 5.06. The molecule has 0 rings (SSSR count). The second kappa shape index (κ2) is 4.30. The number of halogens is 1. The second-order valence-electron chi connectivity index (χ2n) is 2.19. The molecule has 0 saturated heterocycles. The van der Waals surface area contributed by atoms with Crippen LogP contribution in [0.5, 0.6) is 0 Å². The summed E-state index contributed by atoms with van der Waals surface area (Å²) in [4.78, 5) is 0. The minimum absolute atomic E-state index is 0.365. The van der Waals surface area contributed by atoms with E-state index < -0.39 is 0 Å². The fourth-order valence-electron chi connectivity index (χ4n) is 0.405. The Kier molecular flexibility index (Phi) is 4.02. The molecule has 0 saturated carbocycles. The summed E-state index contributed by atoms with van der Waals surface area (Å²) in [5.74, 6) is 0.0906. The SMILES string of the molecule is C=C(F)C=CC(C)CC. The fourth-order valence-corrected chi connectivity index (χ4v) is 0.405. The standard InChI is InChI=1S/C8H13F/c1-4-7(2)5-6-8(3)9/h5-7H,3-4H2,1-2H3. The van der Waals surface area contributed by atoms with Crippen molar-refractivity contribution >= 4 is 0 Å². The van der Waals surface area contributed by atoms with Gasteiger partial charge in [-0.2, -0.15) is 0 Å². The molecule has 0 aliphatic carbocycles. The molecule has 0 aliphatic rings. The van der Waals surface area contributed by atoms with Crippen LogP contribution in [0.4, 0.5) is 4.39 Å². The molecule has 0 fully saturated rings.